The molecule has 1 aliphatic carbocycles. The van der Waals surface area contributed by atoms with E-state index in [2.05, 4.69) is 24.3 Å². The Bertz CT molecular complexity index is 663. The highest BCUT2D eigenvalue weighted by molar-refractivity contribution is 5.73. The first-order valence-corrected chi connectivity index (χ1v) is 7.55. The normalized spacial score (nSPS) is 19.5. The van der Waals surface area contributed by atoms with Gasteiger partial charge < -0.3 is 9.53 Å². The maximum Gasteiger partial charge on any atom is 0.306 e. The minimum Gasteiger partial charge on any atom is -0.461 e. The topological polar surface area (TPSA) is 43.4 Å². The van der Waals surface area contributed by atoms with Crippen LogP contribution in [0.5, 0.6) is 0 Å². The number of hydrogen-bond acceptors (Lipinski definition) is 3. The molecule has 2 atom stereocenters. The molecule has 112 valence electrons. The summed E-state index contributed by atoms with van der Waals surface area (Å²) < 4.78 is 5.67. The summed E-state index contributed by atoms with van der Waals surface area (Å²) in [5.41, 5.74) is 3.60. The molecule has 0 N–H and O–H groups in total. The van der Waals surface area contributed by atoms with E-state index < -0.39 is 0 Å². The highest BCUT2D eigenvalue weighted by Gasteiger charge is 2.35. The summed E-state index contributed by atoms with van der Waals surface area (Å²) in [7, 11) is 0. The number of carbonyl (C=O) groups is 2. The summed E-state index contributed by atoms with van der Waals surface area (Å²) >= 11 is 0. The molecule has 0 heterocycles. The van der Waals surface area contributed by atoms with Crippen molar-refractivity contribution < 1.29 is 14.3 Å². The standard InChI is InChI=1S/C19H18O3/c20-12-6-11-18(21)22-17-13-15-9-4-5-10-16(15)19(17)14-7-2-1-3-8-14/h1-5,7-10,12,17,19H,6,11,13H2. The van der Waals surface area contributed by atoms with Crippen molar-refractivity contribution in [2.45, 2.75) is 31.3 Å². The van der Waals surface area contributed by atoms with Crippen molar-refractivity contribution in [3.63, 3.8) is 0 Å². The molecule has 3 heteroatoms. The van der Waals surface area contributed by atoms with Gasteiger partial charge in [0, 0.05) is 18.8 Å². The third-order valence-electron chi connectivity index (χ3n) is 4.09. The van der Waals surface area contributed by atoms with Crippen LogP contribution >= 0.6 is 0 Å². The second-order valence-electron chi connectivity index (χ2n) is 5.52. The Morgan fingerprint density at radius 3 is 2.59 bits per heavy atom. The second kappa shape index (κ2) is 6.56. The Balaban J connectivity index is 1.87. The molecule has 0 saturated carbocycles. The average Bonchev–Trinajstić information content (AvgIpc) is 2.91. The number of fused-ring (bicyclic) bond motifs is 1. The van der Waals surface area contributed by atoms with Crippen LogP contribution in [0.1, 0.15) is 35.4 Å². The molecule has 1 aliphatic rings. The van der Waals surface area contributed by atoms with Gasteiger partial charge >= 0.3 is 5.97 Å². The van der Waals surface area contributed by atoms with Crippen LogP contribution < -0.4 is 0 Å². The predicted octanol–water partition coefficient (Wildman–Crippen LogP) is 3.27. The van der Waals surface area contributed by atoms with Gasteiger partial charge in [-0.25, -0.2) is 0 Å². The van der Waals surface area contributed by atoms with E-state index in [1.807, 2.05) is 30.3 Å². The van der Waals surface area contributed by atoms with E-state index in [4.69, 9.17) is 4.74 Å². The number of ether oxygens (including phenoxy) is 1. The maximum atomic E-state index is 11.9. The molecule has 0 spiro atoms. The smallest absolute Gasteiger partial charge is 0.306 e. The Morgan fingerprint density at radius 2 is 1.82 bits per heavy atom. The quantitative estimate of drug-likeness (QED) is 0.628. The molecular weight excluding hydrogens is 276 g/mol. The lowest BCUT2D eigenvalue weighted by atomic mass is 9.91. The van der Waals surface area contributed by atoms with Gasteiger partial charge in [0.15, 0.2) is 0 Å². The summed E-state index contributed by atoms with van der Waals surface area (Å²) in [4.78, 5) is 22.3. The molecule has 0 saturated heterocycles. The van der Waals surface area contributed by atoms with Crippen LogP contribution in [0.2, 0.25) is 0 Å². The molecule has 0 aliphatic heterocycles. The number of aldehydes is 1. The molecule has 2 unspecified atom stereocenters. The van der Waals surface area contributed by atoms with Crippen LogP contribution in [-0.2, 0) is 20.7 Å². The second-order valence-corrected chi connectivity index (χ2v) is 5.52. The van der Waals surface area contributed by atoms with E-state index in [1.165, 1.54) is 11.1 Å². The van der Waals surface area contributed by atoms with Crippen molar-refractivity contribution in [2.24, 2.45) is 0 Å². The molecular formula is C19H18O3. The van der Waals surface area contributed by atoms with Gasteiger partial charge in [0.25, 0.3) is 0 Å². The lowest BCUT2D eigenvalue weighted by Crippen LogP contribution is -2.23. The van der Waals surface area contributed by atoms with Crippen molar-refractivity contribution in [3.8, 4) is 0 Å². The number of rotatable bonds is 5. The van der Waals surface area contributed by atoms with Crippen LogP contribution in [0.25, 0.3) is 0 Å². The fourth-order valence-corrected chi connectivity index (χ4v) is 3.13. The van der Waals surface area contributed by atoms with Crippen molar-refractivity contribution in [1.82, 2.24) is 0 Å². The predicted molar refractivity (Wildman–Crippen MR) is 83.6 cm³/mol. The zero-order valence-electron chi connectivity index (χ0n) is 12.3. The Morgan fingerprint density at radius 1 is 1.09 bits per heavy atom. The SMILES string of the molecule is O=CCCC(=O)OC1Cc2ccccc2C1c1ccccc1. The molecule has 3 rings (SSSR count). The Kier molecular flexibility index (Phi) is 4.33. The van der Waals surface area contributed by atoms with Gasteiger partial charge in [-0.2, -0.15) is 0 Å². The number of carbonyl (C=O) groups excluding carboxylic acids is 2. The molecule has 0 bridgehead atoms. The van der Waals surface area contributed by atoms with Crippen molar-refractivity contribution >= 4 is 12.3 Å². The summed E-state index contributed by atoms with van der Waals surface area (Å²) in [5, 5.41) is 0. The first-order chi connectivity index (χ1) is 10.8. The van der Waals surface area contributed by atoms with Crippen LogP contribution in [0.3, 0.4) is 0 Å². The number of esters is 1. The average molecular weight is 294 g/mol. The molecule has 2 aromatic rings. The first kappa shape index (κ1) is 14.5. The fourth-order valence-electron chi connectivity index (χ4n) is 3.13. The van der Waals surface area contributed by atoms with Gasteiger partial charge in [-0.1, -0.05) is 54.6 Å². The van der Waals surface area contributed by atoms with Gasteiger partial charge in [-0.15, -0.1) is 0 Å². The largest absolute Gasteiger partial charge is 0.461 e. The van der Waals surface area contributed by atoms with Gasteiger partial charge in [0.2, 0.25) is 0 Å². The molecule has 3 nitrogen and oxygen atoms in total. The van der Waals surface area contributed by atoms with Gasteiger partial charge in [0.05, 0.1) is 6.42 Å². The maximum absolute atomic E-state index is 11.9. The van der Waals surface area contributed by atoms with Gasteiger partial charge in [0.1, 0.15) is 12.4 Å². The Labute approximate surface area is 129 Å². The van der Waals surface area contributed by atoms with Gasteiger partial charge in [-0.05, 0) is 16.7 Å². The lowest BCUT2D eigenvalue weighted by molar-refractivity contribution is -0.149. The van der Waals surface area contributed by atoms with Crippen molar-refractivity contribution in [2.75, 3.05) is 0 Å². The minimum absolute atomic E-state index is 0.0672. The van der Waals surface area contributed by atoms with E-state index in [9.17, 15) is 9.59 Å². The molecule has 0 aromatic heterocycles. The Hall–Kier alpha value is -2.42. The number of hydrogen-bond donors (Lipinski definition) is 0. The van der Waals surface area contributed by atoms with E-state index in [-0.39, 0.29) is 30.8 Å². The molecule has 0 amide bonds. The highest BCUT2D eigenvalue weighted by atomic mass is 16.5. The van der Waals surface area contributed by atoms with Gasteiger partial charge in [-0.3, -0.25) is 4.79 Å². The van der Waals surface area contributed by atoms with Crippen LogP contribution in [0.4, 0.5) is 0 Å². The van der Waals surface area contributed by atoms with E-state index in [0.717, 1.165) is 18.3 Å². The lowest BCUT2D eigenvalue weighted by Gasteiger charge is -2.21. The molecule has 0 fully saturated rings. The fraction of sp³-hybridized carbons (Fsp3) is 0.263. The van der Waals surface area contributed by atoms with E-state index in [0.29, 0.717) is 0 Å². The summed E-state index contributed by atoms with van der Waals surface area (Å²) in [5.74, 6) is -0.233. The first-order valence-electron chi connectivity index (χ1n) is 7.55. The van der Waals surface area contributed by atoms with Crippen LogP contribution in [0.15, 0.2) is 54.6 Å². The molecule has 2 aromatic carbocycles. The van der Waals surface area contributed by atoms with Crippen molar-refractivity contribution in [3.05, 3.63) is 71.3 Å². The monoisotopic (exact) mass is 294 g/mol. The van der Waals surface area contributed by atoms with E-state index >= 15 is 0 Å². The summed E-state index contributed by atoms with van der Waals surface area (Å²) in [6, 6.07) is 18.3. The van der Waals surface area contributed by atoms with Crippen LogP contribution in [0, 0.1) is 0 Å². The summed E-state index contributed by atoms with van der Waals surface area (Å²) in [6.07, 6.45) is 1.65. The van der Waals surface area contributed by atoms with Crippen LogP contribution in [-0.4, -0.2) is 18.4 Å². The van der Waals surface area contributed by atoms with Crippen molar-refractivity contribution in [1.29, 1.82) is 0 Å². The molecule has 22 heavy (non-hydrogen) atoms. The zero-order valence-corrected chi connectivity index (χ0v) is 12.3. The summed E-state index contributed by atoms with van der Waals surface area (Å²) in [6.45, 7) is 0. The third kappa shape index (κ3) is 2.93. The third-order valence-corrected chi connectivity index (χ3v) is 4.09. The zero-order chi connectivity index (χ0) is 15.4. The number of benzene rings is 2. The molecule has 0 radical (unpaired) electrons. The highest BCUT2D eigenvalue weighted by Crippen LogP contribution is 2.39. The minimum atomic E-state index is -0.300. The van der Waals surface area contributed by atoms with E-state index in [1.54, 1.807) is 0 Å².